The molecule has 6 N–H and O–H groups in total. The number of benzene rings is 2. The van der Waals surface area contributed by atoms with Crippen molar-refractivity contribution >= 4 is 17.6 Å². The number of hydrogen-bond acceptors (Lipinski definition) is 5. The minimum Gasteiger partial charge on any atom is -0.497 e. The van der Waals surface area contributed by atoms with E-state index in [9.17, 15) is 9.59 Å². The van der Waals surface area contributed by atoms with E-state index in [1.54, 1.807) is 38.3 Å². The molecule has 8 nitrogen and oxygen atoms in total. The Balaban J connectivity index is 1.47. The Labute approximate surface area is 182 Å². The molecule has 164 valence electrons. The van der Waals surface area contributed by atoms with Crippen molar-refractivity contribution in [3.05, 3.63) is 65.2 Å². The first-order chi connectivity index (χ1) is 14.9. The number of carbonyl (C=O) groups excluding carboxylic acids is 2. The zero-order valence-electron chi connectivity index (χ0n) is 17.8. The average molecular weight is 424 g/mol. The average Bonchev–Trinajstić information content (AvgIpc) is 3.28. The van der Waals surface area contributed by atoms with Gasteiger partial charge < -0.3 is 26.4 Å². The van der Waals surface area contributed by atoms with Crippen LogP contribution in [0.4, 0.5) is 0 Å². The summed E-state index contributed by atoms with van der Waals surface area (Å²) in [5.74, 6) is 0.575. The standard InChI is InChI=1S/C23H29N5O3/c1-14(22(29)27-12-15-6-8-16(9-7-15)21(24)25)28-23(30)20-11-18(13-26-20)17-4-3-5-19(10-17)31-2/h3-10,14,18,20,26H,11-13H2,1-2H3,(H3,24,25)(H,27,29)(H,28,30)/t14-,18-,20+/m0/s1. The zero-order chi connectivity index (χ0) is 22.4. The topological polar surface area (TPSA) is 129 Å². The van der Waals surface area contributed by atoms with Gasteiger partial charge >= 0.3 is 0 Å². The molecule has 1 heterocycles. The molecule has 1 aliphatic heterocycles. The highest BCUT2D eigenvalue weighted by Gasteiger charge is 2.31. The lowest BCUT2D eigenvalue weighted by Crippen LogP contribution is -2.49. The molecule has 0 aromatic heterocycles. The number of amides is 2. The first-order valence-corrected chi connectivity index (χ1v) is 10.3. The Morgan fingerprint density at radius 1 is 1.26 bits per heavy atom. The Hall–Kier alpha value is -3.39. The van der Waals surface area contributed by atoms with Gasteiger partial charge in [-0.05, 0) is 42.5 Å². The predicted molar refractivity (Wildman–Crippen MR) is 119 cm³/mol. The van der Waals surface area contributed by atoms with E-state index in [0.717, 1.165) is 16.9 Å². The summed E-state index contributed by atoms with van der Waals surface area (Å²) in [7, 11) is 1.63. The normalized spacial score (nSPS) is 18.8. The Morgan fingerprint density at radius 3 is 2.68 bits per heavy atom. The minimum atomic E-state index is -0.651. The van der Waals surface area contributed by atoms with Crippen LogP contribution >= 0.6 is 0 Å². The molecule has 0 bridgehead atoms. The molecule has 0 saturated carbocycles. The lowest BCUT2D eigenvalue weighted by molar-refractivity contribution is -0.129. The number of rotatable bonds is 8. The molecule has 1 fully saturated rings. The lowest BCUT2D eigenvalue weighted by Gasteiger charge is -2.17. The number of nitrogens with one attached hydrogen (secondary N) is 4. The molecule has 8 heteroatoms. The summed E-state index contributed by atoms with van der Waals surface area (Å²) in [6.45, 7) is 2.69. The quantitative estimate of drug-likeness (QED) is 0.322. The van der Waals surface area contributed by atoms with Crippen molar-refractivity contribution in [3.63, 3.8) is 0 Å². The van der Waals surface area contributed by atoms with E-state index in [4.69, 9.17) is 15.9 Å². The molecule has 2 amide bonds. The van der Waals surface area contributed by atoms with Crippen LogP contribution in [0.1, 0.15) is 36.0 Å². The van der Waals surface area contributed by atoms with E-state index in [-0.39, 0.29) is 29.6 Å². The van der Waals surface area contributed by atoms with Crippen LogP contribution in [0, 0.1) is 5.41 Å². The SMILES string of the molecule is COc1cccc([C@@H]2CN[C@@H](C(=O)N[C@@H](C)C(=O)NCc3ccc(C(=N)N)cc3)C2)c1. The van der Waals surface area contributed by atoms with Gasteiger partial charge in [0.15, 0.2) is 0 Å². The highest BCUT2D eigenvalue weighted by Crippen LogP contribution is 2.28. The number of methoxy groups -OCH3 is 1. The zero-order valence-corrected chi connectivity index (χ0v) is 17.8. The molecular weight excluding hydrogens is 394 g/mol. The predicted octanol–water partition coefficient (Wildman–Crippen LogP) is 1.25. The highest BCUT2D eigenvalue weighted by molar-refractivity contribution is 5.95. The Morgan fingerprint density at radius 2 is 2.00 bits per heavy atom. The van der Waals surface area contributed by atoms with Gasteiger partial charge in [-0.2, -0.15) is 0 Å². The van der Waals surface area contributed by atoms with E-state index in [1.807, 2.05) is 24.3 Å². The van der Waals surface area contributed by atoms with E-state index in [0.29, 0.717) is 25.1 Å². The van der Waals surface area contributed by atoms with Gasteiger partial charge in [0.2, 0.25) is 11.8 Å². The van der Waals surface area contributed by atoms with E-state index >= 15 is 0 Å². The van der Waals surface area contributed by atoms with Crippen LogP contribution in [-0.4, -0.2) is 43.4 Å². The van der Waals surface area contributed by atoms with Crippen molar-refractivity contribution in [1.29, 1.82) is 5.41 Å². The summed E-state index contributed by atoms with van der Waals surface area (Å²) >= 11 is 0. The maximum absolute atomic E-state index is 12.6. The molecule has 3 rings (SSSR count). The van der Waals surface area contributed by atoms with Crippen LogP contribution in [0.15, 0.2) is 48.5 Å². The summed E-state index contributed by atoms with van der Waals surface area (Å²) in [6, 6.07) is 14.0. The van der Waals surface area contributed by atoms with Gasteiger partial charge in [0.25, 0.3) is 0 Å². The fourth-order valence-corrected chi connectivity index (χ4v) is 3.61. The summed E-state index contributed by atoms with van der Waals surface area (Å²) in [4.78, 5) is 25.0. The third-order valence-electron chi connectivity index (χ3n) is 5.50. The lowest BCUT2D eigenvalue weighted by atomic mass is 9.96. The number of carbonyl (C=O) groups is 2. The number of amidine groups is 1. The van der Waals surface area contributed by atoms with Crippen LogP contribution in [0.25, 0.3) is 0 Å². The van der Waals surface area contributed by atoms with Crippen LogP contribution < -0.4 is 26.4 Å². The first kappa shape index (κ1) is 22.3. The second kappa shape index (κ2) is 10.1. The number of ether oxygens (including phenoxy) is 1. The van der Waals surface area contributed by atoms with E-state index in [1.165, 1.54) is 0 Å². The Kier molecular flexibility index (Phi) is 7.25. The second-order valence-corrected chi connectivity index (χ2v) is 7.73. The molecular formula is C23H29N5O3. The minimum absolute atomic E-state index is 0.00100. The van der Waals surface area contributed by atoms with Crippen LogP contribution in [0.5, 0.6) is 5.75 Å². The maximum atomic E-state index is 12.6. The molecule has 2 aromatic carbocycles. The molecule has 0 aliphatic carbocycles. The monoisotopic (exact) mass is 423 g/mol. The van der Waals surface area contributed by atoms with Crippen molar-refractivity contribution < 1.29 is 14.3 Å². The number of nitrogen functional groups attached to an aromatic ring is 1. The molecule has 0 spiro atoms. The number of hydrogen-bond donors (Lipinski definition) is 5. The molecule has 3 atom stereocenters. The van der Waals surface area contributed by atoms with Crippen LogP contribution in [0.3, 0.4) is 0 Å². The fourth-order valence-electron chi connectivity index (χ4n) is 3.61. The number of nitrogens with two attached hydrogens (primary N) is 1. The van der Waals surface area contributed by atoms with Crippen LogP contribution in [0.2, 0.25) is 0 Å². The van der Waals surface area contributed by atoms with Gasteiger partial charge in [-0.3, -0.25) is 15.0 Å². The highest BCUT2D eigenvalue weighted by atomic mass is 16.5. The van der Waals surface area contributed by atoms with Gasteiger partial charge in [-0.25, -0.2) is 0 Å². The maximum Gasteiger partial charge on any atom is 0.242 e. The van der Waals surface area contributed by atoms with Gasteiger partial charge in [0.1, 0.15) is 17.6 Å². The van der Waals surface area contributed by atoms with Crippen molar-refractivity contribution in [3.8, 4) is 5.75 Å². The first-order valence-electron chi connectivity index (χ1n) is 10.3. The third-order valence-corrected chi connectivity index (χ3v) is 5.50. The molecule has 31 heavy (non-hydrogen) atoms. The summed E-state index contributed by atoms with van der Waals surface area (Å²) in [5.41, 5.74) is 8.09. The van der Waals surface area contributed by atoms with Crippen molar-refractivity contribution in [2.75, 3.05) is 13.7 Å². The molecule has 1 saturated heterocycles. The van der Waals surface area contributed by atoms with E-state index in [2.05, 4.69) is 16.0 Å². The third kappa shape index (κ3) is 5.82. The van der Waals surface area contributed by atoms with Crippen molar-refractivity contribution in [1.82, 2.24) is 16.0 Å². The van der Waals surface area contributed by atoms with E-state index < -0.39 is 6.04 Å². The summed E-state index contributed by atoms with van der Waals surface area (Å²) < 4.78 is 5.28. The van der Waals surface area contributed by atoms with Gasteiger partial charge in [0.05, 0.1) is 13.2 Å². The Bertz CT molecular complexity index is 944. The fraction of sp³-hybridized carbons (Fsp3) is 0.348. The largest absolute Gasteiger partial charge is 0.497 e. The summed E-state index contributed by atoms with van der Waals surface area (Å²) in [5, 5.41) is 16.3. The molecule has 2 aromatic rings. The van der Waals surface area contributed by atoms with Crippen LogP contribution in [-0.2, 0) is 16.1 Å². The van der Waals surface area contributed by atoms with Gasteiger partial charge in [0, 0.05) is 18.7 Å². The van der Waals surface area contributed by atoms with Gasteiger partial charge in [-0.15, -0.1) is 0 Å². The molecule has 0 unspecified atom stereocenters. The van der Waals surface area contributed by atoms with Crippen molar-refractivity contribution in [2.45, 2.75) is 37.9 Å². The van der Waals surface area contributed by atoms with Gasteiger partial charge in [-0.1, -0.05) is 36.4 Å². The smallest absolute Gasteiger partial charge is 0.242 e. The second-order valence-electron chi connectivity index (χ2n) is 7.73. The molecule has 1 aliphatic rings. The summed E-state index contributed by atoms with van der Waals surface area (Å²) in [6.07, 6.45) is 0.663. The molecule has 0 radical (unpaired) electrons. The van der Waals surface area contributed by atoms with Crippen molar-refractivity contribution in [2.24, 2.45) is 5.73 Å².